The van der Waals surface area contributed by atoms with Crippen molar-refractivity contribution in [1.29, 1.82) is 0 Å². The van der Waals surface area contributed by atoms with Crippen LogP contribution in [0.3, 0.4) is 0 Å². The lowest BCUT2D eigenvalue weighted by atomic mass is 10.2. The summed E-state index contributed by atoms with van der Waals surface area (Å²) in [4.78, 5) is 0. The van der Waals surface area contributed by atoms with Gasteiger partial charge in [0.2, 0.25) is 5.16 Å². The van der Waals surface area contributed by atoms with E-state index in [-0.39, 0.29) is 0 Å². The number of thioether (sulfide) groups is 1. The Morgan fingerprint density at radius 3 is 2.57 bits per heavy atom. The summed E-state index contributed by atoms with van der Waals surface area (Å²) >= 11 is 13.8. The lowest BCUT2D eigenvalue weighted by Crippen LogP contribution is -2.13. The maximum Gasteiger partial charge on any atom is 0.212 e. The summed E-state index contributed by atoms with van der Waals surface area (Å²) in [5.41, 5.74) is 2.46. The third-order valence-electron chi connectivity index (χ3n) is 4.31. The third-order valence-corrected chi connectivity index (χ3v) is 5.67. The normalized spacial score (nSPS) is 13.5. The van der Waals surface area contributed by atoms with E-state index in [0.717, 1.165) is 27.8 Å². The van der Waals surface area contributed by atoms with Crippen molar-refractivity contribution in [1.82, 2.24) is 14.9 Å². The van der Waals surface area contributed by atoms with Crippen LogP contribution in [0.15, 0.2) is 61.8 Å². The fourth-order valence-electron chi connectivity index (χ4n) is 2.98. The molecule has 0 spiro atoms. The highest BCUT2D eigenvalue weighted by Gasteiger charge is 2.24. The Morgan fingerprint density at radius 1 is 1.04 bits per heavy atom. The Morgan fingerprint density at radius 2 is 1.82 bits per heavy atom. The van der Waals surface area contributed by atoms with Crippen LogP contribution in [0.1, 0.15) is 11.5 Å². The van der Waals surface area contributed by atoms with Gasteiger partial charge < -0.3 is 8.83 Å². The molecule has 140 valence electrons. The number of nitrogens with zero attached hydrogens (tertiary/aromatic N) is 4. The van der Waals surface area contributed by atoms with Crippen LogP contribution in [-0.4, -0.2) is 26.3 Å². The second-order valence-electron chi connectivity index (χ2n) is 6.17. The second-order valence-corrected chi connectivity index (χ2v) is 7.98. The highest BCUT2D eigenvalue weighted by atomic mass is 35.5. The molecule has 0 aliphatic carbocycles. The van der Waals surface area contributed by atoms with Crippen molar-refractivity contribution in [2.75, 3.05) is 5.75 Å². The van der Waals surface area contributed by atoms with Crippen LogP contribution in [0.4, 0.5) is 0 Å². The van der Waals surface area contributed by atoms with Crippen molar-refractivity contribution < 1.29 is 8.83 Å². The van der Waals surface area contributed by atoms with Crippen molar-refractivity contribution in [2.24, 2.45) is 5.10 Å². The lowest BCUT2D eigenvalue weighted by Gasteiger charge is -2.12. The molecule has 4 aromatic rings. The van der Waals surface area contributed by atoms with Gasteiger partial charge in [-0.05, 0) is 43.3 Å². The minimum Gasteiger partial charge on any atom is -0.469 e. The van der Waals surface area contributed by atoms with E-state index in [1.165, 1.54) is 0 Å². The third kappa shape index (κ3) is 3.05. The summed E-state index contributed by atoms with van der Waals surface area (Å²) in [6.45, 7) is 1.88. The summed E-state index contributed by atoms with van der Waals surface area (Å²) in [6.07, 6.45) is 1.63. The van der Waals surface area contributed by atoms with Gasteiger partial charge >= 0.3 is 0 Å². The van der Waals surface area contributed by atoms with Crippen LogP contribution in [0.2, 0.25) is 10.0 Å². The number of aryl methyl sites for hydroxylation is 1. The van der Waals surface area contributed by atoms with Gasteiger partial charge in [-0.3, -0.25) is 0 Å². The Bertz CT molecular complexity index is 1200. The monoisotopic (exact) mass is 430 g/mol. The van der Waals surface area contributed by atoms with E-state index >= 15 is 0 Å². The molecule has 0 bridgehead atoms. The quantitative estimate of drug-likeness (QED) is 0.412. The molecular weight excluding hydrogens is 419 g/mol. The zero-order chi connectivity index (χ0) is 19.3. The Balaban J connectivity index is 1.53. The first kappa shape index (κ1) is 17.6. The van der Waals surface area contributed by atoms with Gasteiger partial charge in [0.05, 0.1) is 11.8 Å². The number of furan rings is 2. The van der Waals surface area contributed by atoms with Crippen molar-refractivity contribution in [3.8, 4) is 22.7 Å². The van der Waals surface area contributed by atoms with E-state index < -0.39 is 0 Å². The largest absolute Gasteiger partial charge is 0.469 e. The molecule has 5 rings (SSSR count). The smallest absolute Gasteiger partial charge is 0.212 e. The highest BCUT2D eigenvalue weighted by molar-refractivity contribution is 7.99. The number of hydrogen-bond donors (Lipinski definition) is 0. The minimum absolute atomic E-state index is 0.556. The summed E-state index contributed by atoms with van der Waals surface area (Å²) < 4.78 is 13.1. The Kier molecular flexibility index (Phi) is 4.30. The van der Waals surface area contributed by atoms with Gasteiger partial charge in [-0.15, -0.1) is 10.2 Å². The zero-order valence-electron chi connectivity index (χ0n) is 14.5. The van der Waals surface area contributed by atoms with Crippen LogP contribution in [0.5, 0.6) is 0 Å². The molecular formula is C19H12Cl2N4O2S. The van der Waals surface area contributed by atoms with Crippen LogP contribution in [-0.2, 0) is 0 Å². The number of hydrogen-bond acceptors (Lipinski definition) is 6. The molecule has 28 heavy (non-hydrogen) atoms. The molecule has 1 aromatic carbocycles. The molecule has 0 radical (unpaired) electrons. The zero-order valence-corrected chi connectivity index (χ0v) is 16.8. The van der Waals surface area contributed by atoms with Crippen molar-refractivity contribution in [3.63, 3.8) is 0 Å². The lowest BCUT2D eigenvalue weighted by molar-refractivity contribution is 0.534. The van der Waals surface area contributed by atoms with E-state index in [1.807, 2.05) is 37.3 Å². The first-order valence-electron chi connectivity index (χ1n) is 8.36. The number of halogens is 2. The molecule has 0 saturated heterocycles. The molecule has 0 unspecified atom stereocenters. The standard InChI is InChI=1S/C19H12Cl2N4O2S/c1-10-14(4-5-26-10)18-22-23-19-25(18)24-15(9-28-19)17-3-2-16(27-17)11-6-12(20)8-13(21)7-11/h2-8H,9H2,1H3. The van der Waals surface area contributed by atoms with Crippen LogP contribution >= 0.6 is 35.0 Å². The van der Waals surface area contributed by atoms with Gasteiger partial charge in [0, 0.05) is 21.4 Å². The molecule has 0 amide bonds. The number of benzene rings is 1. The van der Waals surface area contributed by atoms with Crippen molar-refractivity contribution >= 4 is 40.7 Å². The predicted molar refractivity (Wildman–Crippen MR) is 109 cm³/mol. The van der Waals surface area contributed by atoms with Crippen molar-refractivity contribution in [3.05, 3.63) is 64.2 Å². The number of rotatable bonds is 3. The SMILES string of the molecule is Cc1occc1-c1nnc2n1N=C(c1ccc(-c3cc(Cl)cc(Cl)c3)o1)CS2. The van der Waals surface area contributed by atoms with E-state index in [1.54, 1.807) is 28.8 Å². The van der Waals surface area contributed by atoms with Gasteiger partial charge in [-0.2, -0.15) is 9.78 Å². The molecule has 0 fully saturated rings. The van der Waals surface area contributed by atoms with Gasteiger partial charge in [0.15, 0.2) is 11.6 Å². The highest BCUT2D eigenvalue weighted by Crippen LogP contribution is 2.32. The maximum atomic E-state index is 6.10. The molecule has 4 heterocycles. The Labute approximate surface area is 174 Å². The Hall–Kier alpha value is -2.48. The molecule has 0 atom stereocenters. The number of fused-ring (bicyclic) bond motifs is 1. The molecule has 1 aliphatic heterocycles. The average Bonchev–Trinajstić information content (AvgIpc) is 3.39. The van der Waals surface area contributed by atoms with Crippen LogP contribution in [0, 0.1) is 6.92 Å². The molecule has 1 aliphatic rings. The van der Waals surface area contributed by atoms with Crippen LogP contribution < -0.4 is 0 Å². The second kappa shape index (κ2) is 6.84. The maximum absolute atomic E-state index is 6.10. The summed E-state index contributed by atoms with van der Waals surface area (Å²) in [7, 11) is 0. The summed E-state index contributed by atoms with van der Waals surface area (Å²) in [6, 6.07) is 10.9. The van der Waals surface area contributed by atoms with Crippen molar-refractivity contribution in [2.45, 2.75) is 12.1 Å². The topological polar surface area (TPSA) is 69.3 Å². The summed E-state index contributed by atoms with van der Waals surface area (Å²) in [5.74, 6) is 3.38. The van der Waals surface area contributed by atoms with E-state index in [0.29, 0.717) is 33.1 Å². The first-order valence-corrected chi connectivity index (χ1v) is 10.1. The van der Waals surface area contributed by atoms with Gasteiger partial charge in [0.1, 0.15) is 17.2 Å². The van der Waals surface area contributed by atoms with Gasteiger partial charge in [-0.1, -0.05) is 35.0 Å². The minimum atomic E-state index is 0.556. The molecule has 6 nitrogen and oxygen atoms in total. The molecule has 3 aromatic heterocycles. The molecule has 0 saturated carbocycles. The van der Waals surface area contributed by atoms with Gasteiger partial charge in [-0.25, -0.2) is 0 Å². The van der Waals surface area contributed by atoms with E-state index in [2.05, 4.69) is 10.2 Å². The summed E-state index contributed by atoms with van der Waals surface area (Å²) in [5, 5.41) is 15.0. The van der Waals surface area contributed by atoms with Gasteiger partial charge in [0.25, 0.3) is 0 Å². The van der Waals surface area contributed by atoms with E-state index in [9.17, 15) is 0 Å². The predicted octanol–water partition coefficient (Wildman–Crippen LogP) is 5.77. The fourth-order valence-corrected chi connectivity index (χ4v) is 4.32. The average molecular weight is 431 g/mol. The number of aromatic nitrogens is 3. The molecule has 9 heteroatoms. The fraction of sp³-hybridized carbons (Fsp3) is 0.105. The van der Waals surface area contributed by atoms with Crippen LogP contribution in [0.25, 0.3) is 22.7 Å². The van der Waals surface area contributed by atoms with E-state index in [4.69, 9.17) is 37.1 Å². The molecule has 0 N–H and O–H groups in total. The first-order chi connectivity index (χ1) is 13.6.